The molecule has 1 fully saturated rings. The van der Waals surface area contributed by atoms with Crippen LogP contribution in [0.5, 0.6) is 5.75 Å². The predicted molar refractivity (Wildman–Crippen MR) is 78.7 cm³/mol. The zero-order valence-corrected chi connectivity index (χ0v) is 11.3. The van der Waals surface area contributed by atoms with Crippen molar-refractivity contribution in [3.8, 4) is 5.75 Å². The second-order valence-corrected chi connectivity index (χ2v) is 5.13. The van der Waals surface area contributed by atoms with Gasteiger partial charge in [0.1, 0.15) is 5.75 Å². The van der Waals surface area contributed by atoms with E-state index in [1.165, 1.54) is 0 Å². The third-order valence-corrected chi connectivity index (χ3v) is 3.82. The van der Waals surface area contributed by atoms with Gasteiger partial charge in [-0.25, -0.2) is 0 Å². The molecule has 0 aromatic heterocycles. The normalized spacial score (nSPS) is 18.8. The number of carbonyl (C=O) groups is 1. The molecule has 1 amide bonds. The minimum Gasteiger partial charge on any atom is -0.508 e. The highest BCUT2D eigenvalue weighted by atomic mass is 16.3. The maximum Gasteiger partial charge on any atom is 0.233 e. The molecule has 1 aliphatic heterocycles. The number of hydrogen-bond acceptors (Lipinski definition) is 3. The first-order valence-corrected chi connectivity index (χ1v) is 6.92. The Morgan fingerprint density at radius 3 is 2.45 bits per heavy atom. The monoisotopic (exact) mass is 270 g/mol. The molecule has 1 N–H and O–H groups in total. The van der Waals surface area contributed by atoms with Crippen molar-refractivity contribution in [3.05, 3.63) is 48.6 Å². The van der Waals surface area contributed by atoms with Crippen LogP contribution in [0.15, 0.2) is 48.6 Å². The fourth-order valence-electron chi connectivity index (χ4n) is 2.68. The molecule has 4 heteroatoms. The Morgan fingerprint density at radius 2 is 1.80 bits per heavy atom. The van der Waals surface area contributed by atoms with Gasteiger partial charge in [-0.2, -0.15) is 0 Å². The zero-order valence-electron chi connectivity index (χ0n) is 11.3. The summed E-state index contributed by atoms with van der Waals surface area (Å²) in [5, 5.41) is 9.52. The molecule has 0 spiro atoms. The molecule has 1 aliphatic carbocycles. The Hall–Kier alpha value is -2.23. The summed E-state index contributed by atoms with van der Waals surface area (Å²) in [5.74, 6) is 0.384. The van der Waals surface area contributed by atoms with E-state index in [4.69, 9.17) is 0 Å². The second-order valence-electron chi connectivity index (χ2n) is 5.13. The molecule has 1 heterocycles. The van der Waals surface area contributed by atoms with Crippen LogP contribution < -0.4 is 4.90 Å². The number of phenols is 1. The fourth-order valence-corrected chi connectivity index (χ4v) is 2.68. The molecule has 104 valence electrons. The van der Waals surface area contributed by atoms with Crippen LogP contribution in [0, 0.1) is 5.92 Å². The minimum absolute atomic E-state index is 0.0812. The van der Waals surface area contributed by atoms with E-state index in [1.807, 2.05) is 41.3 Å². The van der Waals surface area contributed by atoms with Gasteiger partial charge < -0.3 is 14.9 Å². The van der Waals surface area contributed by atoms with E-state index in [-0.39, 0.29) is 17.6 Å². The number of piperazine rings is 1. The lowest BCUT2D eigenvalue weighted by Crippen LogP contribution is -2.50. The quantitative estimate of drug-likeness (QED) is 0.891. The van der Waals surface area contributed by atoms with Crippen molar-refractivity contribution < 1.29 is 9.90 Å². The third kappa shape index (κ3) is 2.54. The fraction of sp³-hybridized carbons (Fsp3) is 0.312. The molecule has 0 radical (unpaired) electrons. The molecule has 3 rings (SSSR count). The number of carbonyl (C=O) groups excluding carboxylic acids is 1. The van der Waals surface area contributed by atoms with Crippen LogP contribution in [-0.2, 0) is 4.79 Å². The summed E-state index contributed by atoms with van der Waals surface area (Å²) >= 11 is 0. The van der Waals surface area contributed by atoms with Gasteiger partial charge in [-0.1, -0.05) is 30.4 Å². The van der Waals surface area contributed by atoms with Gasteiger partial charge in [-0.3, -0.25) is 4.79 Å². The average Bonchev–Trinajstić information content (AvgIpc) is 3.01. The topological polar surface area (TPSA) is 43.8 Å². The molecule has 0 bridgehead atoms. The summed E-state index contributed by atoms with van der Waals surface area (Å²) in [4.78, 5) is 16.4. The summed E-state index contributed by atoms with van der Waals surface area (Å²) in [5.41, 5.74) is 1.01. The highest BCUT2D eigenvalue weighted by Crippen LogP contribution is 2.22. The lowest BCUT2D eigenvalue weighted by molar-refractivity contribution is -0.132. The number of aromatic hydroxyl groups is 1. The lowest BCUT2D eigenvalue weighted by atomic mass is 10.1. The van der Waals surface area contributed by atoms with E-state index < -0.39 is 0 Å². The first-order chi connectivity index (χ1) is 9.74. The van der Waals surface area contributed by atoms with Crippen molar-refractivity contribution in [2.45, 2.75) is 0 Å². The molecule has 0 saturated carbocycles. The highest BCUT2D eigenvalue weighted by molar-refractivity contribution is 5.83. The molecular weight excluding hydrogens is 252 g/mol. The molecular formula is C16H18N2O2. The summed E-state index contributed by atoms with van der Waals surface area (Å²) in [7, 11) is 0. The number of allylic oxidation sites excluding steroid dienone is 2. The van der Waals surface area contributed by atoms with E-state index in [9.17, 15) is 9.90 Å². The number of benzene rings is 1. The molecule has 20 heavy (non-hydrogen) atoms. The molecule has 2 aliphatic rings. The van der Waals surface area contributed by atoms with Gasteiger partial charge in [0.15, 0.2) is 0 Å². The molecule has 0 unspecified atom stereocenters. The van der Waals surface area contributed by atoms with Gasteiger partial charge in [0.05, 0.1) is 5.92 Å². The van der Waals surface area contributed by atoms with Gasteiger partial charge in [-0.05, 0) is 12.1 Å². The van der Waals surface area contributed by atoms with Crippen molar-refractivity contribution in [2.24, 2.45) is 5.92 Å². The van der Waals surface area contributed by atoms with Gasteiger partial charge in [-0.15, -0.1) is 0 Å². The van der Waals surface area contributed by atoms with Gasteiger partial charge in [0.25, 0.3) is 0 Å². The number of hydrogen-bond donors (Lipinski definition) is 1. The van der Waals surface area contributed by atoms with Crippen molar-refractivity contribution in [1.29, 1.82) is 0 Å². The van der Waals surface area contributed by atoms with Crippen LogP contribution in [0.1, 0.15) is 0 Å². The Balaban J connectivity index is 1.61. The largest absolute Gasteiger partial charge is 0.508 e. The highest BCUT2D eigenvalue weighted by Gasteiger charge is 2.25. The van der Waals surface area contributed by atoms with E-state index in [1.54, 1.807) is 12.1 Å². The average molecular weight is 270 g/mol. The smallest absolute Gasteiger partial charge is 0.233 e. The third-order valence-electron chi connectivity index (χ3n) is 3.82. The standard InChI is InChI=1S/C16H18N2O2/c19-15-7-3-6-14(12-15)17-8-10-18(11-9-17)16(20)13-4-1-2-5-13/h1-7,12-13,19H,8-11H2. The van der Waals surface area contributed by atoms with E-state index in [0.29, 0.717) is 0 Å². The van der Waals surface area contributed by atoms with Crippen molar-refractivity contribution in [2.75, 3.05) is 31.1 Å². The first kappa shape index (κ1) is 12.8. The molecule has 1 saturated heterocycles. The van der Waals surface area contributed by atoms with Crippen molar-refractivity contribution in [1.82, 2.24) is 4.90 Å². The summed E-state index contributed by atoms with van der Waals surface area (Å²) < 4.78 is 0. The maximum atomic E-state index is 12.3. The molecule has 4 nitrogen and oxygen atoms in total. The number of amides is 1. The lowest BCUT2D eigenvalue weighted by Gasteiger charge is -2.36. The van der Waals surface area contributed by atoms with E-state index in [0.717, 1.165) is 31.9 Å². The van der Waals surface area contributed by atoms with Crippen LogP contribution in [0.25, 0.3) is 0 Å². The number of rotatable bonds is 2. The van der Waals surface area contributed by atoms with Crippen LogP contribution in [-0.4, -0.2) is 42.1 Å². The summed E-state index contributed by atoms with van der Waals surface area (Å²) in [6.07, 6.45) is 7.71. The van der Waals surface area contributed by atoms with Gasteiger partial charge in [0.2, 0.25) is 5.91 Å². The van der Waals surface area contributed by atoms with Crippen LogP contribution in [0.2, 0.25) is 0 Å². The number of nitrogens with zero attached hydrogens (tertiary/aromatic N) is 2. The molecule has 1 aromatic rings. The van der Waals surface area contributed by atoms with Crippen LogP contribution in [0.4, 0.5) is 5.69 Å². The Morgan fingerprint density at radius 1 is 1.10 bits per heavy atom. The van der Waals surface area contributed by atoms with E-state index >= 15 is 0 Å². The minimum atomic E-state index is -0.0812. The molecule has 1 aromatic carbocycles. The second kappa shape index (κ2) is 5.41. The SMILES string of the molecule is O=C(C1C=CC=C1)N1CCN(c2cccc(O)c2)CC1. The van der Waals surface area contributed by atoms with Crippen LogP contribution in [0.3, 0.4) is 0 Å². The Kier molecular flexibility index (Phi) is 3.46. The van der Waals surface area contributed by atoms with Gasteiger partial charge in [0, 0.05) is 37.9 Å². The predicted octanol–water partition coefficient (Wildman–Crippen LogP) is 1.78. The first-order valence-electron chi connectivity index (χ1n) is 6.92. The molecule has 0 atom stereocenters. The number of anilines is 1. The Labute approximate surface area is 118 Å². The van der Waals surface area contributed by atoms with Gasteiger partial charge >= 0.3 is 0 Å². The van der Waals surface area contributed by atoms with Crippen molar-refractivity contribution in [3.63, 3.8) is 0 Å². The van der Waals surface area contributed by atoms with Crippen LogP contribution >= 0.6 is 0 Å². The number of phenolic OH excluding ortho intramolecular Hbond substituents is 1. The Bertz CT molecular complexity index is 545. The van der Waals surface area contributed by atoms with E-state index in [2.05, 4.69) is 4.90 Å². The zero-order chi connectivity index (χ0) is 13.9. The summed E-state index contributed by atoms with van der Waals surface area (Å²) in [6, 6.07) is 7.26. The maximum absolute atomic E-state index is 12.3. The summed E-state index contributed by atoms with van der Waals surface area (Å²) in [6.45, 7) is 3.06. The van der Waals surface area contributed by atoms with Crippen molar-refractivity contribution >= 4 is 11.6 Å².